The monoisotopic (exact) mass is 272 g/mol. The zero-order valence-corrected chi connectivity index (χ0v) is 11.4. The lowest BCUT2D eigenvalue weighted by Gasteiger charge is -2.08. The number of aryl methyl sites for hydroxylation is 1. The second kappa shape index (κ2) is 6.01. The van der Waals surface area contributed by atoms with Gasteiger partial charge in [0.2, 0.25) is 11.8 Å². The molecule has 0 saturated heterocycles. The number of hydrogen-bond acceptors (Lipinski definition) is 3. The van der Waals surface area contributed by atoms with Gasteiger partial charge in [0.05, 0.1) is 0 Å². The highest BCUT2D eigenvalue weighted by Gasteiger charge is 2.06. The van der Waals surface area contributed by atoms with Crippen molar-refractivity contribution in [2.75, 3.05) is 10.6 Å². The van der Waals surface area contributed by atoms with Crippen molar-refractivity contribution in [3.05, 3.63) is 42.2 Å². The lowest BCUT2D eigenvalue weighted by atomic mass is 10.2. The molecule has 0 fully saturated rings. The Hall–Kier alpha value is -2.63. The summed E-state index contributed by atoms with van der Waals surface area (Å²) < 4.78 is 1.63. The van der Waals surface area contributed by atoms with Crippen molar-refractivity contribution in [1.82, 2.24) is 9.78 Å². The van der Waals surface area contributed by atoms with Gasteiger partial charge in [0.1, 0.15) is 6.54 Å². The molecular weight excluding hydrogens is 256 g/mol. The number of aromatic nitrogens is 2. The summed E-state index contributed by atoms with van der Waals surface area (Å²) in [5.41, 5.74) is 2.30. The van der Waals surface area contributed by atoms with Crippen molar-refractivity contribution in [2.24, 2.45) is 0 Å². The van der Waals surface area contributed by atoms with Crippen LogP contribution in [-0.4, -0.2) is 21.6 Å². The Balaban J connectivity index is 1.94. The summed E-state index contributed by atoms with van der Waals surface area (Å²) in [6.07, 6.45) is 1.66. The van der Waals surface area contributed by atoms with E-state index in [1.807, 2.05) is 13.0 Å². The molecular formula is C14H16N4O2. The van der Waals surface area contributed by atoms with Gasteiger partial charge < -0.3 is 10.6 Å². The number of anilines is 2. The SMILES string of the molecule is CC(=O)Nc1ccc(NC(=O)Cn2nccc2C)cc1. The molecule has 0 atom stereocenters. The Morgan fingerprint density at radius 2 is 1.70 bits per heavy atom. The van der Waals surface area contributed by atoms with Crippen LogP contribution in [0.1, 0.15) is 12.6 Å². The average Bonchev–Trinajstić information content (AvgIpc) is 2.77. The van der Waals surface area contributed by atoms with Gasteiger partial charge in [-0.15, -0.1) is 0 Å². The molecule has 2 amide bonds. The van der Waals surface area contributed by atoms with Crippen molar-refractivity contribution in [3.63, 3.8) is 0 Å². The van der Waals surface area contributed by atoms with E-state index in [0.717, 1.165) is 5.69 Å². The second-order valence-corrected chi connectivity index (χ2v) is 4.44. The number of nitrogens with zero attached hydrogens (tertiary/aromatic N) is 2. The highest BCUT2D eigenvalue weighted by atomic mass is 16.2. The molecule has 20 heavy (non-hydrogen) atoms. The largest absolute Gasteiger partial charge is 0.326 e. The number of nitrogens with one attached hydrogen (secondary N) is 2. The minimum Gasteiger partial charge on any atom is -0.326 e. The Labute approximate surface area is 116 Å². The maximum atomic E-state index is 11.9. The fourth-order valence-corrected chi connectivity index (χ4v) is 1.74. The van der Waals surface area contributed by atoms with Gasteiger partial charge in [0.25, 0.3) is 0 Å². The van der Waals surface area contributed by atoms with E-state index >= 15 is 0 Å². The smallest absolute Gasteiger partial charge is 0.246 e. The standard InChI is InChI=1S/C14H16N4O2/c1-10-7-8-15-18(10)9-14(20)17-13-5-3-12(4-6-13)16-11(2)19/h3-8H,9H2,1-2H3,(H,16,19)(H,17,20). The predicted molar refractivity (Wildman–Crippen MR) is 76.3 cm³/mol. The van der Waals surface area contributed by atoms with Gasteiger partial charge in [0.15, 0.2) is 0 Å². The molecule has 0 saturated carbocycles. The van der Waals surface area contributed by atoms with Crippen LogP contribution in [0.5, 0.6) is 0 Å². The van der Waals surface area contributed by atoms with Gasteiger partial charge in [-0.25, -0.2) is 0 Å². The van der Waals surface area contributed by atoms with Crippen molar-refractivity contribution in [3.8, 4) is 0 Å². The maximum Gasteiger partial charge on any atom is 0.246 e. The first-order valence-corrected chi connectivity index (χ1v) is 6.20. The molecule has 0 aliphatic heterocycles. The third-order valence-corrected chi connectivity index (χ3v) is 2.71. The fourth-order valence-electron chi connectivity index (χ4n) is 1.74. The second-order valence-electron chi connectivity index (χ2n) is 4.44. The molecule has 2 N–H and O–H groups in total. The molecule has 6 heteroatoms. The van der Waals surface area contributed by atoms with Crippen LogP contribution in [0.25, 0.3) is 0 Å². The number of carbonyl (C=O) groups is 2. The van der Waals surface area contributed by atoms with Crippen LogP contribution in [0.4, 0.5) is 11.4 Å². The zero-order chi connectivity index (χ0) is 14.5. The van der Waals surface area contributed by atoms with Gasteiger partial charge in [-0.3, -0.25) is 14.3 Å². The van der Waals surface area contributed by atoms with Crippen LogP contribution < -0.4 is 10.6 Å². The molecule has 104 valence electrons. The van der Waals surface area contributed by atoms with Gasteiger partial charge in [-0.2, -0.15) is 5.10 Å². The summed E-state index contributed by atoms with van der Waals surface area (Å²) in [5.74, 6) is -0.278. The van der Waals surface area contributed by atoms with E-state index in [0.29, 0.717) is 11.4 Å². The first-order valence-electron chi connectivity index (χ1n) is 6.20. The molecule has 0 unspecified atom stereocenters. The van der Waals surface area contributed by atoms with Crippen LogP contribution in [0.15, 0.2) is 36.5 Å². The average molecular weight is 272 g/mol. The molecule has 0 bridgehead atoms. The molecule has 6 nitrogen and oxygen atoms in total. The minimum atomic E-state index is -0.149. The first kappa shape index (κ1) is 13.8. The lowest BCUT2D eigenvalue weighted by Crippen LogP contribution is -2.20. The van der Waals surface area contributed by atoms with E-state index in [9.17, 15) is 9.59 Å². The molecule has 2 aromatic rings. The summed E-state index contributed by atoms with van der Waals surface area (Å²) in [4.78, 5) is 22.7. The highest BCUT2D eigenvalue weighted by molar-refractivity contribution is 5.92. The summed E-state index contributed by atoms with van der Waals surface area (Å²) >= 11 is 0. The maximum absolute atomic E-state index is 11.9. The topological polar surface area (TPSA) is 76.0 Å². The van der Waals surface area contributed by atoms with Crippen LogP contribution in [0.3, 0.4) is 0 Å². The quantitative estimate of drug-likeness (QED) is 0.891. The number of rotatable bonds is 4. The summed E-state index contributed by atoms with van der Waals surface area (Å²) in [6, 6.07) is 8.78. The summed E-state index contributed by atoms with van der Waals surface area (Å²) in [5, 5.41) is 9.49. The lowest BCUT2D eigenvalue weighted by molar-refractivity contribution is -0.117. The third kappa shape index (κ3) is 3.68. The van der Waals surface area contributed by atoms with Gasteiger partial charge in [-0.05, 0) is 37.3 Å². The Morgan fingerprint density at radius 3 is 2.20 bits per heavy atom. The van der Waals surface area contributed by atoms with E-state index in [4.69, 9.17) is 0 Å². The first-order chi connectivity index (χ1) is 9.54. The zero-order valence-electron chi connectivity index (χ0n) is 11.4. The van der Waals surface area contributed by atoms with E-state index in [2.05, 4.69) is 15.7 Å². The number of benzene rings is 1. The Bertz CT molecular complexity index is 616. The molecule has 0 spiro atoms. The van der Waals surface area contributed by atoms with Gasteiger partial charge in [-0.1, -0.05) is 0 Å². The van der Waals surface area contributed by atoms with E-state index < -0.39 is 0 Å². The molecule has 1 aromatic heterocycles. The van der Waals surface area contributed by atoms with Crippen molar-refractivity contribution >= 4 is 23.2 Å². The van der Waals surface area contributed by atoms with Gasteiger partial charge in [0, 0.05) is 30.2 Å². The summed E-state index contributed by atoms with van der Waals surface area (Å²) in [6.45, 7) is 3.51. The van der Waals surface area contributed by atoms with Crippen LogP contribution >= 0.6 is 0 Å². The van der Waals surface area contributed by atoms with E-state index in [1.165, 1.54) is 6.92 Å². The molecule has 0 aliphatic carbocycles. The van der Waals surface area contributed by atoms with Crippen molar-refractivity contribution < 1.29 is 9.59 Å². The van der Waals surface area contributed by atoms with Crippen molar-refractivity contribution in [1.29, 1.82) is 0 Å². The van der Waals surface area contributed by atoms with Gasteiger partial charge >= 0.3 is 0 Å². The summed E-state index contributed by atoms with van der Waals surface area (Å²) in [7, 11) is 0. The van der Waals surface area contributed by atoms with Crippen LogP contribution in [0.2, 0.25) is 0 Å². The molecule has 1 heterocycles. The Morgan fingerprint density at radius 1 is 1.10 bits per heavy atom. The molecule has 0 radical (unpaired) electrons. The van der Waals surface area contributed by atoms with Crippen LogP contribution in [0, 0.1) is 6.92 Å². The fraction of sp³-hybridized carbons (Fsp3) is 0.214. The molecule has 0 aliphatic rings. The van der Waals surface area contributed by atoms with E-state index in [-0.39, 0.29) is 18.4 Å². The normalized spacial score (nSPS) is 10.1. The highest BCUT2D eigenvalue weighted by Crippen LogP contribution is 2.13. The molecule has 2 rings (SSSR count). The third-order valence-electron chi connectivity index (χ3n) is 2.71. The minimum absolute atomic E-state index is 0.129. The predicted octanol–water partition coefficient (Wildman–Crippen LogP) is 1.79. The van der Waals surface area contributed by atoms with E-state index in [1.54, 1.807) is 35.1 Å². The number of carbonyl (C=O) groups excluding carboxylic acids is 2. The van der Waals surface area contributed by atoms with Crippen molar-refractivity contribution in [2.45, 2.75) is 20.4 Å². The Kier molecular flexibility index (Phi) is 4.14. The molecule has 1 aromatic carbocycles. The number of hydrogen-bond donors (Lipinski definition) is 2. The van der Waals surface area contributed by atoms with Crippen LogP contribution in [-0.2, 0) is 16.1 Å². The number of amides is 2.